The standard InChI is InChI=1S/C10H8N6S2/c11-16-9-14-7-6(2-5-17-7)8(15-9)18-10-12-3-1-4-13-10/h1-5H,11H2,(H,14,15,16). The lowest BCUT2D eigenvalue weighted by atomic mass is 10.4. The van der Waals surface area contributed by atoms with Crippen LogP contribution in [0.15, 0.2) is 40.1 Å². The van der Waals surface area contributed by atoms with Gasteiger partial charge in [0.05, 0.1) is 0 Å². The summed E-state index contributed by atoms with van der Waals surface area (Å²) in [6.45, 7) is 0. The molecule has 0 radical (unpaired) electrons. The summed E-state index contributed by atoms with van der Waals surface area (Å²) in [6, 6.07) is 3.75. The molecule has 90 valence electrons. The number of nitrogens with one attached hydrogen (secondary N) is 1. The second-order valence-electron chi connectivity index (χ2n) is 3.27. The van der Waals surface area contributed by atoms with Crippen molar-refractivity contribution in [2.45, 2.75) is 10.2 Å². The summed E-state index contributed by atoms with van der Waals surface area (Å²) in [5, 5.41) is 4.39. The molecule has 0 aliphatic heterocycles. The van der Waals surface area contributed by atoms with Crippen LogP contribution >= 0.6 is 23.1 Å². The molecule has 0 aromatic carbocycles. The van der Waals surface area contributed by atoms with Gasteiger partial charge < -0.3 is 0 Å². The van der Waals surface area contributed by atoms with Crippen LogP contribution in [0.2, 0.25) is 0 Å². The monoisotopic (exact) mass is 276 g/mol. The quantitative estimate of drug-likeness (QED) is 0.327. The average molecular weight is 276 g/mol. The zero-order valence-electron chi connectivity index (χ0n) is 9.07. The minimum atomic E-state index is 0.392. The third-order valence-corrected chi connectivity index (χ3v) is 3.85. The zero-order valence-corrected chi connectivity index (χ0v) is 10.7. The minimum Gasteiger partial charge on any atom is -0.292 e. The van der Waals surface area contributed by atoms with E-state index >= 15 is 0 Å². The highest BCUT2D eigenvalue weighted by atomic mass is 32.2. The van der Waals surface area contributed by atoms with Gasteiger partial charge in [0.15, 0.2) is 5.16 Å². The molecule has 3 aromatic heterocycles. The van der Waals surface area contributed by atoms with Crippen molar-refractivity contribution in [2.75, 3.05) is 5.43 Å². The van der Waals surface area contributed by atoms with Crippen molar-refractivity contribution < 1.29 is 0 Å². The molecule has 0 aliphatic rings. The van der Waals surface area contributed by atoms with E-state index in [0.29, 0.717) is 11.1 Å². The SMILES string of the molecule is NNc1nc(Sc2ncccn2)c2ccsc2n1. The van der Waals surface area contributed by atoms with Crippen LogP contribution in [0.4, 0.5) is 5.95 Å². The molecule has 8 heteroatoms. The van der Waals surface area contributed by atoms with Gasteiger partial charge in [-0.05, 0) is 29.3 Å². The number of nitrogens with two attached hydrogens (primary N) is 1. The highest BCUT2D eigenvalue weighted by Crippen LogP contribution is 2.32. The van der Waals surface area contributed by atoms with E-state index < -0.39 is 0 Å². The molecule has 0 atom stereocenters. The first-order valence-corrected chi connectivity index (χ1v) is 6.73. The van der Waals surface area contributed by atoms with Gasteiger partial charge in [-0.25, -0.2) is 25.8 Å². The minimum absolute atomic E-state index is 0.392. The second kappa shape index (κ2) is 4.84. The first kappa shape index (κ1) is 11.3. The molecule has 18 heavy (non-hydrogen) atoms. The molecule has 0 spiro atoms. The van der Waals surface area contributed by atoms with E-state index in [0.717, 1.165) is 15.2 Å². The molecule has 0 amide bonds. The van der Waals surface area contributed by atoms with Gasteiger partial charge in [-0.2, -0.15) is 0 Å². The number of hydrazine groups is 1. The van der Waals surface area contributed by atoms with E-state index in [1.165, 1.54) is 11.8 Å². The van der Waals surface area contributed by atoms with Crippen molar-refractivity contribution in [3.8, 4) is 0 Å². The highest BCUT2D eigenvalue weighted by molar-refractivity contribution is 7.99. The maximum Gasteiger partial charge on any atom is 0.239 e. The Morgan fingerprint density at radius 2 is 2.06 bits per heavy atom. The molecule has 0 saturated carbocycles. The Balaban J connectivity index is 2.07. The Morgan fingerprint density at radius 3 is 2.83 bits per heavy atom. The fourth-order valence-corrected chi connectivity index (χ4v) is 3.03. The van der Waals surface area contributed by atoms with Crippen LogP contribution in [0, 0.1) is 0 Å². The summed E-state index contributed by atoms with van der Waals surface area (Å²) in [5.41, 5.74) is 2.47. The number of fused-ring (bicyclic) bond motifs is 1. The number of nitrogens with zero attached hydrogens (tertiary/aromatic N) is 4. The van der Waals surface area contributed by atoms with Crippen molar-refractivity contribution in [2.24, 2.45) is 5.84 Å². The molecule has 0 bridgehead atoms. The zero-order chi connectivity index (χ0) is 12.4. The van der Waals surface area contributed by atoms with Crippen molar-refractivity contribution >= 4 is 39.3 Å². The summed E-state index contributed by atoms with van der Waals surface area (Å²) < 4.78 is 0. The van der Waals surface area contributed by atoms with E-state index in [2.05, 4.69) is 25.4 Å². The number of hydrogen-bond donors (Lipinski definition) is 2. The Morgan fingerprint density at radius 1 is 1.22 bits per heavy atom. The van der Waals surface area contributed by atoms with Crippen molar-refractivity contribution in [3.63, 3.8) is 0 Å². The average Bonchev–Trinajstić information content (AvgIpc) is 2.88. The number of anilines is 1. The summed E-state index contributed by atoms with van der Waals surface area (Å²) >= 11 is 2.93. The number of thiophene rings is 1. The van der Waals surface area contributed by atoms with E-state index in [9.17, 15) is 0 Å². The number of nitrogen functional groups attached to an aromatic ring is 1. The third-order valence-electron chi connectivity index (χ3n) is 2.15. The van der Waals surface area contributed by atoms with Crippen LogP contribution < -0.4 is 11.3 Å². The van der Waals surface area contributed by atoms with Gasteiger partial charge in [-0.1, -0.05) is 0 Å². The van der Waals surface area contributed by atoms with Crippen molar-refractivity contribution in [1.82, 2.24) is 19.9 Å². The molecule has 3 aromatic rings. The maximum atomic E-state index is 5.36. The predicted octanol–water partition coefficient (Wildman–Crippen LogP) is 1.92. The lowest BCUT2D eigenvalue weighted by Crippen LogP contribution is -2.10. The molecule has 0 unspecified atom stereocenters. The Bertz CT molecular complexity index is 668. The molecule has 0 fully saturated rings. The van der Waals surface area contributed by atoms with Crippen LogP contribution in [-0.2, 0) is 0 Å². The third kappa shape index (κ3) is 2.13. The maximum absolute atomic E-state index is 5.36. The van der Waals surface area contributed by atoms with Crippen LogP contribution in [0.3, 0.4) is 0 Å². The first-order valence-electron chi connectivity index (χ1n) is 5.03. The van der Waals surface area contributed by atoms with E-state index in [1.54, 1.807) is 29.8 Å². The summed E-state index contributed by atoms with van der Waals surface area (Å²) in [4.78, 5) is 17.8. The van der Waals surface area contributed by atoms with Gasteiger partial charge in [-0.15, -0.1) is 11.3 Å². The molecule has 3 heterocycles. The van der Waals surface area contributed by atoms with Crippen LogP contribution in [0.5, 0.6) is 0 Å². The predicted molar refractivity (Wildman–Crippen MR) is 71.4 cm³/mol. The van der Waals surface area contributed by atoms with Crippen LogP contribution in [0.1, 0.15) is 0 Å². The number of hydrogen-bond acceptors (Lipinski definition) is 8. The normalized spacial score (nSPS) is 10.7. The molecule has 0 saturated heterocycles. The van der Waals surface area contributed by atoms with Gasteiger partial charge >= 0.3 is 0 Å². The Labute approximate surface area is 111 Å². The molecular formula is C10H8N6S2. The second-order valence-corrected chi connectivity index (χ2v) is 5.12. The van der Waals surface area contributed by atoms with Crippen molar-refractivity contribution in [3.05, 3.63) is 29.9 Å². The van der Waals surface area contributed by atoms with Gasteiger partial charge in [0.25, 0.3) is 0 Å². The molecular weight excluding hydrogens is 268 g/mol. The molecule has 6 nitrogen and oxygen atoms in total. The van der Waals surface area contributed by atoms with Crippen LogP contribution in [-0.4, -0.2) is 19.9 Å². The van der Waals surface area contributed by atoms with E-state index in [1.807, 2.05) is 11.4 Å². The summed E-state index contributed by atoms with van der Waals surface area (Å²) in [6.07, 6.45) is 3.40. The van der Waals surface area contributed by atoms with Gasteiger partial charge in [0, 0.05) is 17.8 Å². The molecule has 0 aliphatic carbocycles. The van der Waals surface area contributed by atoms with Gasteiger partial charge in [-0.3, -0.25) is 5.43 Å². The Kier molecular flexibility index (Phi) is 3.05. The number of rotatable bonds is 3. The van der Waals surface area contributed by atoms with E-state index in [4.69, 9.17) is 5.84 Å². The summed E-state index contributed by atoms with van der Waals surface area (Å²) in [5.74, 6) is 5.75. The lowest BCUT2D eigenvalue weighted by molar-refractivity contribution is 0.960. The highest BCUT2D eigenvalue weighted by Gasteiger charge is 2.10. The smallest absolute Gasteiger partial charge is 0.239 e. The molecule has 3 rings (SSSR count). The van der Waals surface area contributed by atoms with Crippen LogP contribution in [0.25, 0.3) is 10.2 Å². The largest absolute Gasteiger partial charge is 0.292 e. The molecule has 3 N–H and O–H groups in total. The topological polar surface area (TPSA) is 89.6 Å². The van der Waals surface area contributed by atoms with Crippen molar-refractivity contribution in [1.29, 1.82) is 0 Å². The summed E-state index contributed by atoms with van der Waals surface area (Å²) in [7, 11) is 0. The fourth-order valence-electron chi connectivity index (χ4n) is 1.40. The number of aromatic nitrogens is 4. The fraction of sp³-hybridized carbons (Fsp3) is 0. The van der Waals surface area contributed by atoms with Gasteiger partial charge in [0.1, 0.15) is 9.86 Å². The van der Waals surface area contributed by atoms with E-state index in [-0.39, 0.29) is 0 Å². The first-order chi connectivity index (χ1) is 8.86. The Hall–Kier alpha value is -1.77. The van der Waals surface area contributed by atoms with Gasteiger partial charge in [0.2, 0.25) is 5.95 Å². The lowest BCUT2D eigenvalue weighted by Gasteiger charge is -2.03.